The zero-order valence-corrected chi connectivity index (χ0v) is 18.0. The van der Waals surface area contributed by atoms with E-state index in [-0.39, 0.29) is 30.5 Å². The Morgan fingerprint density at radius 2 is 2.00 bits per heavy atom. The van der Waals surface area contributed by atoms with E-state index in [2.05, 4.69) is 5.32 Å². The summed E-state index contributed by atoms with van der Waals surface area (Å²) in [7, 11) is -3.97. The molecule has 1 aliphatic rings. The van der Waals surface area contributed by atoms with Gasteiger partial charge in [0.1, 0.15) is 18.9 Å². The summed E-state index contributed by atoms with van der Waals surface area (Å²) in [6.07, 6.45) is 4.94. The van der Waals surface area contributed by atoms with Gasteiger partial charge in [-0.15, -0.1) is 0 Å². The molecule has 2 N–H and O–H groups in total. The first-order valence-electron chi connectivity index (χ1n) is 9.99. The van der Waals surface area contributed by atoms with Crippen molar-refractivity contribution in [1.82, 2.24) is 10.0 Å². The lowest BCUT2D eigenvalue weighted by Crippen LogP contribution is -2.29. The van der Waals surface area contributed by atoms with Gasteiger partial charge in [-0.1, -0.05) is 49.7 Å². The lowest BCUT2D eigenvalue weighted by molar-refractivity contribution is -0.117. The second-order valence-corrected chi connectivity index (χ2v) is 8.61. The second-order valence-electron chi connectivity index (χ2n) is 7.02. The number of hydrogen-bond acceptors (Lipinski definition) is 5. The molecule has 2 aromatic rings. The van der Waals surface area contributed by atoms with Gasteiger partial charge in [0.15, 0.2) is 0 Å². The Kier molecular flexibility index (Phi) is 7.30. The monoisotopic (exact) mass is 443 g/mol. The highest BCUT2D eigenvalue weighted by Gasteiger charge is 2.35. The van der Waals surface area contributed by atoms with E-state index >= 15 is 0 Å². The number of carbonyl (C=O) groups is 2. The summed E-state index contributed by atoms with van der Waals surface area (Å²) in [6, 6.07) is 14.3. The SMILES string of the molecule is CCCCNC(=O)/C=C/c1ccc(N2CC(=O)NS2(=O)=O)c(OCc2ccccc2)c1. The van der Waals surface area contributed by atoms with E-state index in [9.17, 15) is 18.0 Å². The third-order valence-electron chi connectivity index (χ3n) is 4.57. The minimum atomic E-state index is -3.97. The Hall–Kier alpha value is -3.33. The lowest BCUT2D eigenvalue weighted by atomic mass is 10.1. The summed E-state index contributed by atoms with van der Waals surface area (Å²) in [6.45, 7) is 2.55. The van der Waals surface area contributed by atoms with Crippen molar-refractivity contribution in [2.24, 2.45) is 0 Å². The lowest BCUT2D eigenvalue weighted by Gasteiger charge is -2.19. The second kappa shape index (κ2) is 10.1. The highest BCUT2D eigenvalue weighted by Crippen LogP contribution is 2.33. The Morgan fingerprint density at radius 1 is 1.23 bits per heavy atom. The van der Waals surface area contributed by atoms with Crippen LogP contribution in [0.4, 0.5) is 5.69 Å². The van der Waals surface area contributed by atoms with E-state index in [1.807, 2.05) is 42.0 Å². The molecule has 0 radical (unpaired) electrons. The number of anilines is 1. The third kappa shape index (κ3) is 6.08. The van der Waals surface area contributed by atoms with Gasteiger partial charge in [-0.3, -0.25) is 9.59 Å². The number of ether oxygens (including phenoxy) is 1. The smallest absolute Gasteiger partial charge is 0.326 e. The number of rotatable bonds is 9. The number of nitrogens with zero attached hydrogens (tertiary/aromatic N) is 1. The molecule has 0 unspecified atom stereocenters. The van der Waals surface area contributed by atoms with Gasteiger partial charge in [0, 0.05) is 12.6 Å². The van der Waals surface area contributed by atoms with E-state index in [0.29, 0.717) is 12.1 Å². The fourth-order valence-corrected chi connectivity index (χ4v) is 4.13. The van der Waals surface area contributed by atoms with Crippen molar-refractivity contribution in [1.29, 1.82) is 0 Å². The van der Waals surface area contributed by atoms with Gasteiger partial charge in [-0.2, -0.15) is 8.42 Å². The number of hydrogen-bond donors (Lipinski definition) is 2. The zero-order chi connectivity index (χ0) is 22.3. The topological polar surface area (TPSA) is 105 Å². The molecule has 2 amide bonds. The molecule has 1 saturated heterocycles. The van der Waals surface area contributed by atoms with E-state index in [0.717, 1.165) is 22.7 Å². The molecule has 0 bridgehead atoms. The average molecular weight is 444 g/mol. The van der Waals surface area contributed by atoms with Crippen LogP contribution in [0.1, 0.15) is 30.9 Å². The van der Waals surface area contributed by atoms with Crippen molar-refractivity contribution in [2.75, 3.05) is 17.4 Å². The number of carbonyl (C=O) groups excluding carboxylic acids is 2. The molecular formula is C22H25N3O5S. The van der Waals surface area contributed by atoms with E-state index < -0.39 is 16.1 Å². The first kappa shape index (κ1) is 22.4. The van der Waals surface area contributed by atoms with Crippen LogP contribution in [0.3, 0.4) is 0 Å². The molecule has 8 nitrogen and oxygen atoms in total. The molecule has 3 rings (SSSR count). The number of nitrogens with one attached hydrogen (secondary N) is 2. The minimum absolute atomic E-state index is 0.207. The van der Waals surface area contributed by atoms with Crippen molar-refractivity contribution < 1.29 is 22.7 Å². The molecule has 31 heavy (non-hydrogen) atoms. The number of benzene rings is 2. The maximum atomic E-state index is 12.3. The highest BCUT2D eigenvalue weighted by molar-refractivity contribution is 7.92. The molecule has 2 aromatic carbocycles. The van der Waals surface area contributed by atoms with Crippen molar-refractivity contribution >= 4 is 33.8 Å². The molecule has 1 fully saturated rings. The predicted octanol–water partition coefficient (Wildman–Crippen LogP) is 2.38. The first-order chi connectivity index (χ1) is 14.9. The predicted molar refractivity (Wildman–Crippen MR) is 119 cm³/mol. The molecule has 9 heteroatoms. The molecule has 164 valence electrons. The summed E-state index contributed by atoms with van der Waals surface area (Å²) >= 11 is 0. The van der Waals surface area contributed by atoms with Gasteiger partial charge in [-0.25, -0.2) is 9.03 Å². The van der Waals surface area contributed by atoms with Crippen molar-refractivity contribution in [3.63, 3.8) is 0 Å². The Labute approximate surface area is 182 Å². The van der Waals surface area contributed by atoms with Crippen LogP contribution in [0, 0.1) is 0 Å². The molecule has 1 heterocycles. The third-order valence-corrected chi connectivity index (χ3v) is 5.96. The Morgan fingerprint density at radius 3 is 2.68 bits per heavy atom. The van der Waals surface area contributed by atoms with Gasteiger partial charge < -0.3 is 10.1 Å². The largest absolute Gasteiger partial charge is 0.487 e. The quantitative estimate of drug-likeness (QED) is 0.457. The first-order valence-corrected chi connectivity index (χ1v) is 11.4. The van der Waals surface area contributed by atoms with Crippen LogP contribution in [-0.2, 0) is 26.4 Å². The summed E-state index contributed by atoms with van der Waals surface area (Å²) in [4.78, 5) is 23.6. The maximum absolute atomic E-state index is 12.3. The fraction of sp³-hybridized carbons (Fsp3) is 0.273. The van der Waals surface area contributed by atoms with Gasteiger partial charge in [0.25, 0.3) is 5.91 Å². The summed E-state index contributed by atoms with van der Waals surface area (Å²) in [5, 5.41) is 2.80. The van der Waals surface area contributed by atoms with Crippen LogP contribution >= 0.6 is 0 Å². The van der Waals surface area contributed by atoms with Crippen LogP contribution in [0.15, 0.2) is 54.6 Å². The van der Waals surface area contributed by atoms with Gasteiger partial charge in [0.05, 0.1) is 5.69 Å². The standard InChI is InChI=1S/C22H25N3O5S/c1-2-3-13-23-21(26)12-10-17-9-11-19(25-15-22(27)24-31(25,28)29)20(14-17)30-16-18-7-5-4-6-8-18/h4-12,14H,2-3,13,15-16H2,1H3,(H,23,26)(H,24,27)/b12-10+. The molecule has 0 aliphatic carbocycles. The van der Waals surface area contributed by atoms with Crippen LogP contribution in [-0.4, -0.2) is 33.3 Å². The van der Waals surface area contributed by atoms with E-state index in [1.54, 1.807) is 24.3 Å². The Bertz CT molecular complexity index is 1070. The maximum Gasteiger partial charge on any atom is 0.326 e. The fourth-order valence-electron chi connectivity index (χ4n) is 2.97. The summed E-state index contributed by atoms with van der Waals surface area (Å²) in [5.41, 5.74) is 1.82. The molecule has 0 spiro atoms. The van der Waals surface area contributed by atoms with Crippen LogP contribution < -0.4 is 19.1 Å². The summed E-state index contributed by atoms with van der Waals surface area (Å²) < 4.78 is 33.4. The molecule has 0 aromatic heterocycles. The highest BCUT2D eigenvalue weighted by atomic mass is 32.2. The van der Waals surface area contributed by atoms with Gasteiger partial charge in [-0.05, 0) is 35.8 Å². The van der Waals surface area contributed by atoms with Crippen LogP contribution in [0.2, 0.25) is 0 Å². The van der Waals surface area contributed by atoms with E-state index in [4.69, 9.17) is 4.74 Å². The van der Waals surface area contributed by atoms with Gasteiger partial charge >= 0.3 is 10.2 Å². The zero-order valence-electron chi connectivity index (χ0n) is 17.2. The van der Waals surface area contributed by atoms with Crippen molar-refractivity contribution in [3.05, 3.63) is 65.7 Å². The molecule has 0 atom stereocenters. The number of amides is 2. The number of unbranched alkanes of at least 4 members (excludes halogenated alkanes) is 1. The van der Waals surface area contributed by atoms with Gasteiger partial charge in [0.2, 0.25) is 5.91 Å². The summed E-state index contributed by atoms with van der Waals surface area (Å²) in [5.74, 6) is -0.527. The van der Waals surface area contributed by atoms with Crippen molar-refractivity contribution in [3.8, 4) is 5.75 Å². The Balaban J connectivity index is 1.84. The van der Waals surface area contributed by atoms with Crippen LogP contribution in [0.5, 0.6) is 5.75 Å². The average Bonchev–Trinajstić information content (AvgIpc) is 3.03. The normalized spacial score (nSPS) is 15.1. The van der Waals surface area contributed by atoms with Crippen molar-refractivity contribution in [2.45, 2.75) is 26.4 Å². The van der Waals surface area contributed by atoms with Crippen LogP contribution in [0.25, 0.3) is 6.08 Å². The molecule has 1 aliphatic heterocycles. The molecular weight excluding hydrogens is 418 g/mol. The minimum Gasteiger partial charge on any atom is -0.487 e. The van der Waals surface area contributed by atoms with E-state index in [1.165, 1.54) is 6.08 Å². The molecule has 0 saturated carbocycles.